The van der Waals surface area contributed by atoms with E-state index in [1.165, 1.54) is 13.2 Å². The van der Waals surface area contributed by atoms with Crippen molar-refractivity contribution in [3.63, 3.8) is 0 Å². The summed E-state index contributed by atoms with van der Waals surface area (Å²) in [6, 6.07) is 3.85. The fourth-order valence-electron chi connectivity index (χ4n) is 2.28. The molecule has 1 aromatic carbocycles. The second kappa shape index (κ2) is 8.23. The SMILES string of the molecule is COC1=CCC=C(NC(=O)CCl)C(C(=O)c2ccc(C(F)(F)F)cc2)=C1. The fraction of sp³-hybridized carbons (Fsp3) is 0.222. The van der Waals surface area contributed by atoms with Gasteiger partial charge in [0.25, 0.3) is 0 Å². The van der Waals surface area contributed by atoms with Gasteiger partial charge in [0.2, 0.25) is 5.91 Å². The first-order valence-corrected chi connectivity index (χ1v) is 8.04. The summed E-state index contributed by atoms with van der Waals surface area (Å²) < 4.78 is 43.2. The van der Waals surface area contributed by atoms with Crippen LogP contribution in [-0.4, -0.2) is 24.7 Å². The van der Waals surface area contributed by atoms with Gasteiger partial charge in [-0.15, -0.1) is 11.6 Å². The lowest BCUT2D eigenvalue weighted by Crippen LogP contribution is -2.27. The molecule has 0 bridgehead atoms. The highest BCUT2D eigenvalue weighted by atomic mass is 35.5. The van der Waals surface area contributed by atoms with Gasteiger partial charge < -0.3 is 10.1 Å². The van der Waals surface area contributed by atoms with Gasteiger partial charge in [0.1, 0.15) is 11.6 Å². The second-order valence-corrected chi connectivity index (χ2v) is 5.58. The number of hydrogen-bond donors (Lipinski definition) is 1. The van der Waals surface area contributed by atoms with Gasteiger partial charge in [0.15, 0.2) is 5.78 Å². The molecule has 1 N–H and O–H groups in total. The van der Waals surface area contributed by atoms with Gasteiger partial charge in [-0.3, -0.25) is 9.59 Å². The highest BCUT2D eigenvalue weighted by Gasteiger charge is 2.30. The Morgan fingerprint density at radius 1 is 1.19 bits per heavy atom. The Balaban J connectivity index is 2.39. The first kappa shape index (κ1) is 19.8. The molecule has 2 rings (SSSR count). The van der Waals surface area contributed by atoms with Crippen molar-refractivity contribution in [3.8, 4) is 0 Å². The van der Waals surface area contributed by atoms with E-state index < -0.39 is 23.4 Å². The summed E-state index contributed by atoms with van der Waals surface area (Å²) in [5.41, 5.74) is -0.488. The average molecular weight is 386 g/mol. The van der Waals surface area contributed by atoms with Gasteiger partial charge >= 0.3 is 6.18 Å². The van der Waals surface area contributed by atoms with Gasteiger partial charge in [-0.1, -0.05) is 18.2 Å². The zero-order chi connectivity index (χ0) is 19.3. The zero-order valence-electron chi connectivity index (χ0n) is 13.7. The average Bonchev–Trinajstić information content (AvgIpc) is 2.82. The Kier molecular flexibility index (Phi) is 6.26. The van der Waals surface area contributed by atoms with E-state index in [9.17, 15) is 22.8 Å². The van der Waals surface area contributed by atoms with E-state index in [4.69, 9.17) is 16.3 Å². The molecular weight excluding hydrogens is 371 g/mol. The third-order valence-corrected chi connectivity index (χ3v) is 3.81. The van der Waals surface area contributed by atoms with E-state index in [1.54, 1.807) is 12.2 Å². The third-order valence-electron chi connectivity index (χ3n) is 3.57. The highest BCUT2D eigenvalue weighted by Crippen LogP contribution is 2.30. The summed E-state index contributed by atoms with van der Waals surface area (Å²) in [5, 5.41) is 2.52. The molecule has 1 aromatic rings. The summed E-state index contributed by atoms with van der Waals surface area (Å²) in [4.78, 5) is 24.4. The standard InChI is InChI=1S/C18H15ClF3NO3/c1-26-13-3-2-4-15(23-16(24)10-19)14(9-13)17(25)11-5-7-12(8-6-11)18(20,21)22/h3-9H,2,10H2,1H3,(H,23,24). The largest absolute Gasteiger partial charge is 0.497 e. The van der Waals surface area contributed by atoms with E-state index in [1.807, 2.05) is 0 Å². The number of ether oxygens (including phenoxy) is 1. The van der Waals surface area contributed by atoms with Crippen LogP contribution in [0, 0.1) is 0 Å². The van der Waals surface area contributed by atoms with Crippen molar-refractivity contribution in [2.75, 3.05) is 13.0 Å². The first-order valence-electron chi connectivity index (χ1n) is 7.50. The van der Waals surface area contributed by atoms with E-state index in [2.05, 4.69) is 5.32 Å². The maximum Gasteiger partial charge on any atom is 0.416 e. The normalized spacial score (nSPS) is 14.6. The summed E-state index contributed by atoms with van der Waals surface area (Å²) in [7, 11) is 1.42. The van der Waals surface area contributed by atoms with Crippen molar-refractivity contribution in [2.45, 2.75) is 12.6 Å². The molecule has 4 nitrogen and oxygen atoms in total. The number of carbonyl (C=O) groups is 2. The molecule has 1 aliphatic rings. The van der Waals surface area contributed by atoms with Crippen LogP contribution in [0.1, 0.15) is 22.3 Å². The minimum atomic E-state index is -4.49. The predicted molar refractivity (Wildman–Crippen MR) is 90.5 cm³/mol. The highest BCUT2D eigenvalue weighted by molar-refractivity contribution is 6.27. The maximum atomic E-state index is 12.8. The van der Waals surface area contributed by atoms with Crippen LogP contribution in [0.3, 0.4) is 0 Å². The number of alkyl halides is 4. The Hall–Kier alpha value is -2.54. The number of amides is 1. The summed E-state index contributed by atoms with van der Waals surface area (Å²) in [6.45, 7) is 0. The molecule has 0 unspecified atom stereocenters. The number of carbonyl (C=O) groups excluding carboxylic acids is 2. The molecule has 0 saturated carbocycles. The molecule has 0 spiro atoms. The number of benzene rings is 1. The van der Waals surface area contributed by atoms with Crippen LogP contribution >= 0.6 is 11.6 Å². The molecule has 0 fully saturated rings. The van der Waals surface area contributed by atoms with Crippen molar-refractivity contribution < 1.29 is 27.5 Å². The van der Waals surface area contributed by atoms with Crippen LogP contribution in [0.5, 0.6) is 0 Å². The fourth-order valence-corrected chi connectivity index (χ4v) is 2.35. The smallest absolute Gasteiger partial charge is 0.416 e. The molecule has 26 heavy (non-hydrogen) atoms. The number of methoxy groups -OCH3 is 1. The molecule has 0 atom stereocenters. The van der Waals surface area contributed by atoms with Gasteiger partial charge in [-0.25, -0.2) is 0 Å². The van der Waals surface area contributed by atoms with Crippen molar-refractivity contribution in [3.05, 3.63) is 70.6 Å². The molecule has 0 aliphatic heterocycles. The third kappa shape index (κ3) is 4.76. The monoisotopic (exact) mass is 385 g/mol. The van der Waals surface area contributed by atoms with Crippen molar-refractivity contribution >= 4 is 23.3 Å². The van der Waals surface area contributed by atoms with Gasteiger partial charge in [0.05, 0.1) is 12.7 Å². The van der Waals surface area contributed by atoms with E-state index in [0.29, 0.717) is 12.2 Å². The number of halogens is 4. The molecule has 138 valence electrons. The van der Waals surface area contributed by atoms with Gasteiger partial charge in [0, 0.05) is 16.8 Å². The molecule has 8 heteroatoms. The molecule has 1 aliphatic carbocycles. The number of rotatable bonds is 5. The lowest BCUT2D eigenvalue weighted by molar-refractivity contribution is -0.137. The van der Waals surface area contributed by atoms with Crippen LogP contribution in [0.2, 0.25) is 0 Å². The minimum Gasteiger partial charge on any atom is -0.497 e. The summed E-state index contributed by atoms with van der Waals surface area (Å²) >= 11 is 5.48. The Bertz CT molecular complexity index is 793. The quantitative estimate of drug-likeness (QED) is 0.616. The van der Waals surface area contributed by atoms with Crippen LogP contribution in [0.15, 0.2) is 59.5 Å². The number of nitrogens with one attached hydrogen (secondary N) is 1. The molecule has 1 amide bonds. The zero-order valence-corrected chi connectivity index (χ0v) is 14.4. The van der Waals surface area contributed by atoms with Gasteiger partial charge in [-0.05, 0) is 30.7 Å². The molecule has 0 heterocycles. The topological polar surface area (TPSA) is 55.4 Å². The summed E-state index contributed by atoms with van der Waals surface area (Å²) in [5.74, 6) is -0.967. The van der Waals surface area contributed by atoms with Crippen LogP contribution in [0.4, 0.5) is 13.2 Å². The van der Waals surface area contributed by atoms with E-state index in [-0.39, 0.29) is 22.7 Å². The molecule has 0 saturated heterocycles. The number of Topliss-reactive ketones (excluding diaryl/α,β-unsaturated/α-hetero) is 1. The van der Waals surface area contributed by atoms with E-state index in [0.717, 1.165) is 24.3 Å². The van der Waals surface area contributed by atoms with Crippen LogP contribution in [0.25, 0.3) is 0 Å². The lowest BCUT2D eigenvalue weighted by atomic mass is 9.99. The number of hydrogen-bond acceptors (Lipinski definition) is 3. The first-order chi connectivity index (χ1) is 12.3. The Morgan fingerprint density at radius 3 is 2.38 bits per heavy atom. The van der Waals surface area contributed by atoms with E-state index >= 15 is 0 Å². The maximum absolute atomic E-state index is 12.8. The number of ketones is 1. The lowest BCUT2D eigenvalue weighted by Gasteiger charge is -2.13. The van der Waals surface area contributed by atoms with Crippen molar-refractivity contribution in [1.82, 2.24) is 5.32 Å². The minimum absolute atomic E-state index is 0.0487. The second-order valence-electron chi connectivity index (χ2n) is 5.31. The molecule has 0 radical (unpaired) electrons. The van der Waals surface area contributed by atoms with Crippen molar-refractivity contribution in [2.24, 2.45) is 0 Å². The molecule has 0 aromatic heterocycles. The Morgan fingerprint density at radius 2 is 1.85 bits per heavy atom. The van der Waals surface area contributed by atoms with Gasteiger partial charge in [-0.2, -0.15) is 13.2 Å². The Labute approximate surface area is 153 Å². The van der Waals surface area contributed by atoms with Crippen LogP contribution in [-0.2, 0) is 15.7 Å². The number of allylic oxidation sites excluding steroid dienone is 4. The summed E-state index contributed by atoms with van der Waals surface area (Å²) in [6.07, 6.45) is 0.618. The van der Waals surface area contributed by atoms with Crippen LogP contribution < -0.4 is 5.32 Å². The van der Waals surface area contributed by atoms with Crippen molar-refractivity contribution in [1.29, 1.82) is 0 Å². The molecular formula is C18H15ClF3NO3. The predicted octanol–water partition coefficient (Wildman–Crippen LogP) is 3.99.